The van der Waals surface area contributed by atoms with Gasteiger partial charge in [-0.15, -0.1) is 0 Å². The summed E-state index contributed by atoms with van der Waals surface area (Å²) in [7, 11) is 0. The van der Waals surface area contributed by atoms with Crippen LogP contribution in [0.4, 0.5) is 0 Å². The standard InChI is InChI=1S/C17H30O2S/c1-15(2)10-14(19-8-9-20)17-7-5-13(18)16(3,11-17)6-4-12(15)17/h12-14,18,20H,4-11H2,1-3H3/t12-,13+,14-,16-,17-/m0/s1. The van der Waals surface area contributed by atoms with E-state index in [4.69, 9.17) is 4.74 Å². The fourth-order valence-corrected chi connectivity index (χ4v) is 6.04. The molecule has 20 heavy (non-hydrogen) atoms. The highest BCUT2D eigenvalue weighted by Crippen LogP contribution is 2.69. The van der Waals surface area contributed by atoms with Crippen molar-refractivity contribution in [1.82, 2.24) is 0 Å². The topological polar surface area (TPSA) is 29.5 Å². The van der Waals surface area contributed by atoms with E-state index < -0.39 is 0 Å². The van der Waals surface area contributed by atoms with Gasteiger partial charge in [0, 0.05) is 11.2 Å². The molecule has 1 N–H and O–H groups in total. The Morgan fingerprint density at radius 3 is 2.65 bits per heavy atom. The smallest absolute Gasteiger partial charge is 0.0640 e. The number of hydrogen-bond acceptors (Lipinski definition) is 3. The number of hydrogen-bond donors (Lipinski definition) is 2. The van der Waals surface area contributed by atoms with Crippen molar-refractivity contribution >= 4 is 12.6 Å². The Balaban J connectivity index is 1.92. The lowest BCUT2D eigenvalue weighted by atomic mass is 9.49. The van der Waals surface area contributed by atoms with Crippen LogP contribution in [-0.2, 0) is 4.74 Å². The molecule has 116 valence electrons. The quantitative estimate of drug-likeness (QED) is 0.778. The molecule has 0 unspecified atom stereocenters. The number of thiol groups is 1. The van der Waals surface area contributed by atoms with Crippen molar-refractivity contribution in [1.29, 1.82) is 0 Å². The first-order valence-electron chi connectivity index (χ1n) is 8.25. The molecule has 2 nitrogen and oxygen atoms in total. The van der Waals surface area contributed by atoms with Crippen LogP contribution in [0.15, 0.2) is 0 Å². The molecule has 3 rings (SSSR count). The zero-order valence-corrected chi connectivity index (χ0v) is 14.1. The van der Waals surface area contributed by atoms with Crippen LogP contribution >= 0.6 is 12.6 Å². The van der Waals surface area contributed by atoms with E-state index >= 15 is 0 Å². The van der Waals surface area contributed by atoms with Gasteiger partial charge in [-0.05, 0) is 55.3 Å². The molecule has 1 spiro atoms. The van der Waals surface area contributed by atoms with Crippen molar-refractivity contribution in [3.05, 3.63) is 0 Å². The van der Waals surface area contributed by atoms with Crippen molar-refractivity contribution in [3.8, 4) is 0 Å². The lowest BCUT2D eigenvalue weighted by Gasteiger charge is -2.58. The largest absolute Gasteiger partial charge is 0.393 e. The second kappa shape index (κ2) is 4.89. The SMILES string of the molecule is CC1(C)C[C@H](OCCS)[C@]23CC[C@@H](O)[C@@](C)(CC[C@@H]12)C3. The van der Waals surface area contributed by atoms with E-state index in [0.29, 0.717) is 16.9 Å². The van der Waals surface area contributed by atoms with Gasteiger partial charge in [0.2, 0.25) is 0 Å². The molecule has 3 saturated carbocycles. The van der Waals surface area contributed by atoms with E-state index in [1.165, 1.54) is 19.3 Å². The fourth-order valence-electron chi connectivity index (χ4n) is 5.94. The zero-order chi connectivity index (χ0) is 14.6. The summed E-state index contributed by atoms with van der Waals surface area (Å²) in [4.78, 5) is 0. The van der Waals surface area contributed by atoms with E-state index in [0.717, 1.165) is 37.5 Å². The average molecular weight is 298 g/mol. The van der Waals surface area contributed by atoms with Crippen LogP contribution in [0.5, 0.6) is 0 Å². The molecule has 0 radical (unpaired) electrons. The third-order valence-corrected chi connectivity index (χ3v) is 7.01. The highest BCUT2D eigenvalue weighted by Gasteiger charge is 2.65. The summed E-state index contributed by atoms with van der Waals surface area (Å²) in [5.74, 6) is 1.57. The summed E-state index contributed by atoms with van der Waals surface area (Å²) >= 11 is 4.31. The van der Waals surface area contributed by atoms with Gasteiger partial charge in [-0.3, -0.25) is 0 Å². The predicted molar refractivity (Wildman–Crippen MR) is 85.1 cm³/mol. The maximum absolute atomic E-state index is 10.4. The van der Waals surface area contributed by atoms with Gasteiger partial charge in [0.1, 0.15) is 0 Å². The number of aliphatic hydroxyl groups excluding tert-OH is 1. The molecule has 0 aromatic heterocycles. The second-order valence-corrected chi connectivity index (χ2v) is 8.93. The van der Waals surface area contributed by atoms with Crippen LogP contribution in [0.25, 0.3) is 0 Å². The number of fused-ring (bicyclic) bond motifs is 1. The zero-order valence-electron chi connectivity index (χ0n) is 13.2. The number of ether oxygens (including phenoxy) is 1. The average Bonchev–Trinajstić information content (AvgIpc) is 2.59. The number of rotatable bonds is 3. The molecule has 2 bridgehead atoms. The molecule has 0 amide bonds. The molecule has 0 saturated heterocycles. The lowest BCUT2D eigenvalue weighted by molar-refractivity contribution is -0.154. The highest BCUT2D eigenvalue weighted by atomic mass is 32.1. The third-order valence-electron chi connectivity index (χ3n) is 6.83. The molecule has 3 heteroatoms. The Morgan fingerprint density at radius 1 is 1.20 bits per heavy atom. The Labute approximate surface area is 129 Å². The van der Waals surface area contributed by atoms with Crippen LogP contribution in [0, 0.1) is 22.2 Å². The monoisotopic (exact) mass is 298 g/mol. The third kappa shape index (κ3) is 2.07. The number of aliphatic hydroxyl groups is 1. The van der Waals surface area contributed by atoms with Crippen LogP contribution in [0.3, 0.4) is 0 Å². The van der Waals surface area contributed by atoms with E-state index in [2.05, 4.69) is 33.4 Å². The van der Waals surface area contributed by atoms with Crippen LogP contribution < -0.4 is 0 Å². The molecule has 3 fully saturated rings. The molecular weight excluding hydrogens is 268 g/mol. The Bertz CT molecular complexity index is 383. The molecular formula is C17H30O2S. The van der Waals surface area contributed by atoms with Gasteiger partial charge < -0.3 is 9.84 Å². The first-order chi connectivity index (χ1) is 9.34. The van der Waals surface area contributed by atoms with Crippen LogP contribution in [-0.4, -0.2) is 29.7 Å². The van der Waals surface area contributed by atoms with Gasteiger partial charge in [-0.25, -0.2) is 0 Å². The van der Waals surface area contributed by atoms with Crippen molar-refractivity contribution in [3.63, 3.8) is 0 Å². The van der Waals surface area contributed by atoms with E-state index in [-0.39, 0.29) is 11.5 Å². The van der Waals surface area contributed by atoms with Gasteiger partial charge >= 0.3 is 0 Å². The van der Waals surface area contributed by atoms with Crippen LogP contribution in [0.1, 0.15) is 59.3 Å². The first kappa shape index (κ1) is 15.2. The van der Waals surface area contributed by atoms with Gasteiger partial charge in [0.25, 0.3) is 0 Å². The van der Waals surface area contributed by atoms with Crippen molar-refractivity contribution in [2.45, 2.75) is 71.5 Å². The Kier molecular flexibility index (Phi) is 3.71. The summed E-state index contributed by atoms with van der Waals surface area (Å²) < 4.78 is 6.26. The molecule has 0 aromatic carbocycles. The maximum atomic E-state index is 10.4. The minimum Gasteiger partial charge on any atom is -0.393 e. The Morgan fingerprint density at radius 2 is 1.95 bits per heavy atom. The minimum atomic E-state index is -0.108. The van der Waals surface area contributed by atoms with Gasteiger partial charge in [-0.2, -0.15) is 12.6 Å². The van der Waals surface area contributed by atoms with E-state index in [9.17, 15) is 5.11 Å². The van der Waals surface area contributed by atoms with Gasteiger partial charge in [0.05, 0.1) is 18.8 Å². The molecule has 3 aliphatic carbocycles. The first-order valence-corrected chi connectivity index (χ1v) is 8.88. The minimum absolute atomic E-state index is 0.108. The molecule has 0 aliphatic heterocycles. The Hall–Kier alpha value is 0.270. The fraction of sp³-hybridized carbons (Fsp3) is 1.00. The lowest BCUT2D eigenvalue weighted by Crippen LogP contribution is -2.54. The normalized spacial score (nSPS) is 50.0. The summed E-state index contributed by atoms with van der Waals surface area (Å²) in [6.07, 6.45) is 7.17. The highest BCUT2D eigenvalue weighted by molar-refractivity contribution is 7.80. The second-order valence-electron chi connectivity index (χ2n) is 8.49. The summed E-state index contributed by atoms with van der Waals surface area (Å²) in [6, 6.07) is 0. The van der Waals surface area contributed by atoms with E-state index in [1.807, 2.05) is 0 Å². The predicted octanol–water partition coefficient (Wildman–Crippen LogP) is 3.68. The van der Waals surface area contributed by atoms with Crippen molar-refractivity contribution in [2.24, 2.45) is 22.2 Å². The van der Waals surface area contributed by atoms with Crippen molar-refractivity contribution < 1.29 is 9.84 Å². The summed E-state index contributed by atoms with van der Waals surface area (Å²) in [5.41, 5.74) is 0.821. The van der Waals surface area contributed by atoms with Gasteiger partial charge in [-0.1, -0.05) is 20.8 Å². The molecule has 0 aromatic rings. The van der Waals surface area contributed by atoms with Crippen LogP contribution in [0.2, 0.25) is 0 Å². The molecule has 3 aliphatic rings. The van der Waals surface area contributed by atoms with E-state index in [1.54, 1.807) is 0 Å². The van der Waals surface area contributed by atoms with Gasteiger partial charge in [0.15, 0.2) is 0 Å². The maximum Gasteiger partial charge on any atom is 0.0640 e. The summed E-state index contributed by atoms with van der Waals surface area (Å²) in [5, 5.41) is 10.4. The molecule has 0 heterocycles. The van der Waals surface area contributed by atoms with Crippen molar-refractivity contribution in [2.75, 3.05) is 12.4 Å². The molecule has 5 atom stereocenters. The summed E-state index contributed by atoms with van der Waals surface area (Å²) in [6.45, 7) is 7.92.